The molecule has 8 heteroatoms. The van der Waals surface area contributed by atoms with Crippen molar-refractivity contribution >= 4 is 27.6 Å². The van der Waals surface area contributed by atoms with Crippen LogP contribution in [-0.4, -0.2) is 37.2 Å². The van der Waals surface area contributed by atoms with Crippen LogP contribution in [0.1, 0.15) is 29.6 Å². The summed E-state index contributed by atoms with van der Waals surface area (Å²) < 4.78 is 27.3. The third-order valence-corrected chi connectivity index (χ3v) is 5.64. The minimum atomic E-state index is -3.93. The normalized spacial score (nSPS) is 22.4. The van der Waals surface area contributed by atoms with Gasteiger partial charge in [-0.2, -0.15) is 0 Å². The van der Waals surface area contributed by atoms with Crippen molar-refractivity contribution in [3.63, 3.8) is 0 Å². The number of sulfonamides is 1. The van der Waals surface area contributed by atoms with Crippen LogP contribution in [0.5, 0.6) is 0 Å². The van der Waals surface area contributed by atoms with Gasteiger partial charge in [0, 0.05) is 12.6 Å². The van der Waals surface area contributed by atoms with Crippen molar-refractivity contribution in [1.29, 1.82) is 0 Å². The smallest absolute Gasteiger partial charge is 0.335 e. The molecule has 1 aliphatic rings. The van der Waals surface area contributed by atoms with Crippen molar-refractivity contribution in [3.8, 4) is 0 Å². The lowest BCUT2D eigenvalue weighted by Gasteiger charge is -2.19. The standard InChI is InChI=1S/C13H16ClNO5S/c14-10-5-4-8(13(17)18)6-12(10)21(19,20)15-11-3-1-2-9(11)7-16/h4-6,9,11,15-16H,1-3,7H2,(H,17,18). The van der Waals surface area contributed by atoms with E-state index in [9.17, 15) is 18.3 Å². The van der Waals surface area contributed by atoms with Crippen molar-refractivity contribution in [2.24, 2.45) is 5.92 Å². The van der Waals surface area contributed by atoms with Crippen LogP contribution in [0.3, 0.4) is 0 Å². The van der Waals surface area contributed by atoms with Gasteiger partial charge < -0.3 is 10.2 Å². The Bertz CT molecular complexity index is 646. The zero-order chi connectivity index (χ0) is 15.6. The Hall–Kier alpha value is -1.15. The molecule has 1 aromatic rings. The van der Waals surface area contributed by atoms with Crippen molar-refractivity contribution in [3.05, 3.63) is 28.8 Å². The molecule has 1 aliphatic carbocycles. The summed E-state index contributed by atoms with van der Waals surface area (Å²) in [6.07, 6.45) is 2.23. The molecule has 3 N–H and O–H groups in total. The van der Waals surface area contributed by atoms with Gasteiger partial charge in [-0.15, -0.1) is 0 Å². The third-order valence-electron chi connectivity index (χ3n) is 3.67. The van der Waals surface area contributed by atoms with E-state index in [1.54, 1.807) is 0 Å². The predicted octanol–water partition coefficient (Wildman–Crippen LogP) is 1.48. The number of carboxylic acids is 1. The van der Waals surface area contributed by atoms with Crippen LogP contribution in [0.2, 0.25) is 5.02 Å². The summed E-state index contributed by atoms with van der Waals surface area (Å²) in [6, 6.07) is 3.17. The second kappa shape index (κ2) is 6.31. The van der Waals surface area contributed by atoms with Crippen LogP contribution in [0.25, 0.3) is 0 Å². The van der Waals surface area contributed by atoms with Gasteiger partial charge in [0.05, 0.1) is 10.6 Å². The molecular formula is C13H16ClNO5S. The molecular weight excluding hydrogens is 318 g/mol. The first-order valence-electron chi connectivity index (χ1n) is 6.51. The highest BCUT2D eigenvalue weighted by Gasteiger charge is 2.31. The first kappa shape index (κ1) is 16.2. The van der Waals surface area contributed by atoms with Gasteiger partial charge in [-0.1, -0.05) is 18.0 Å². The van der Waals surface area contributed by atoms with Gasteiger partial charge in [0.1, 0.15) is 4.90 Å². The molecule has 116 valence electrons. The highest BCUT2D eigenvalue weighted by atomic mass is 35.5. The number of aromatic carboxylic acids is 1. The summed E-state index contributed by atoms with van der Waals surface area (Å²) in [7, 11) is -3.93. The molecule has 1 aromatic carbocycles. The largest absolute Gasteiger partial charge is 0.478 e. The Morgan fingerprint density at radius 3 is 2.71 bits per heavy atom. The van der Waals surface area contributed by atoms with E-state index in [0.717, 1.165) is 18.9 Å². The van der Waals surface area contributed by atoms with E-state index in [-0.39, 0.29) is 34.0 Å². The van der Waals surface area contributed by atoms with E-state index >= 15 is 0 Å². The Labute approximate surface area is 127 Å². The molecule has 2 atom stereocenters. The number of aliphatic hydroxyl groups is 1. The van der Waals surface area contributed by atoms with Gasteiger partial charge in [-0.25, -0.2) is 17.9 Å². The molecule has 0 radical (unpaired) electrons. The number of benzene rings is 1. The molecule has 0 amide bonds. The predicted molar refractivity (Wildman–Crippen MR) is 76.9 cm³/mol. The van der Waals surface area contributed by atoms with Gasteiger partial charge in [-0.3, -0.25) is 0 Å². The average Bonchev–Trinajstić information content (AvgIpc) is 2.85. The number of rotatable bonds is 5. The van der Waals surface area contributed by atoms with Gasteiger partial charge >= 0.3 is 5.97 Å². The zero-order valence-electron chi connectivity index (χ0n) is 11.1. The van der Waals surface area contributed by atoms with Crippen molar-refractivity contribution in [2.75, 3.05) is 6.61 Å². The molecule has 0 heterocycles. The molecule has 6 nitrogen and oxygen atoms in total. The number of carboxylic acid groups (broad SMARTS) is 1. The lowest BCUT2D eigenvalue weighted by Crippen LogP contribution is -2.38. The Kier molecular flexibility index (Phi) is 4.88. The van der Waals surface area contributed by atoms with E-state index in [1.165, 1.54) is 12.1 Å². The number of hydrogen-bond acceptors (Lipinski definition) is 4. The van der Waals surface area contributed by atoms with Crippen molar-refractivity contribution in [1.82, 2.24) is 4.72 Å². The number of aliphatic hydroxyl groups excluding tert-OH is 1. The Morgan fingerprint density at radius 2 is 2.10 bits per heavy atom. The number of halogens is 1. The SMILES string of the molecule is O=C(O)c1ccc(Cl)c(S(=O)(=O)NC2CCCC2CO)c1. The molecule has 2 unspecified atom stereocenters. The summed E-state index contributed by atoms with van der Waals surface area (Å²) in [4.78, 5) is 10.7. The molecule has 2 rings (SSSR count). The maximum Gasteiger partial charge on any atom is 0.335 e. The van der Waals surface area contributed by atoms with Gasteiger partial charge in [0.25, 0.3) is 0 Å². The molecule has 1 fully saturated rings. The summed E-state index contributed by atoms with van der Waals surface area (Å²) >= 11 is 5.88. The lowest BCUT2D eigenvalue weighted by molar-refractivity contribution is 0.0696. The first-order chi connectivity index (χ1) is 9.85. The fourth-order valence-electron chi connectivity index (χ4n) is 2.52. The molecule has 1 saturated carbocycles. The molecule has 0 saturated heterocycles. The quantitative estimate of drug-likeness (QED) is 0.757. The monoisotopic (exact) mass is 333 g/mol. The second-order valence-electron chi connectivity index (χ2n) is 5.05. The second-order valence-corrected chi connectivity index (χ2v) is 7.14. The molecule has 0 aliphatic heterocycles. The summed E-state index contributed by atoms with van der Waals surface area (Å²) in [5, 5.41) is 18.1. The summed E-state index contributed by atoms with van der Waals surface area (Å²) in [6.45, 7) is -0.0872. The van der Waals surface area contributed by atoms with Crippen LogP contribution in [0.4, 0.5) is 0 Å². The van der Waals surface area contributed by atoms with Gasteiger partial charge in [0.2, 0.25) is 10.0 Å². The van der Waals surface area contributed by atoms with E-state index in [4.69, 9.17) is 16.7 Å². The fraction of sp³-hybridized carbons (Fsp3) is 0.462. The number of nitrogens with one attached hydrogen (secondary N) is 1. The lowest BCUT2D eigenvalue weighted by atomic mass is 10.1. The minimum Gasteiger partial charge on any atom is -0.478 e. The first-order valence-corrected chi connectivity index (χ1v) is 8.37. The Morgan fingerprint density at radius 1 is 1.38 bits per heavy atom. The van der Waals surface area contributed by atoms with Crippen LogP contribution in [0, 0.1) is 5.92 Å². The molecule has 0 spiro atoms. The van der Waals surface area contributed by atoms with E-state index < -0.39 is 16.0 Å². The number of hydrogen-bond donors (Lipinski definition) is 3. The average molecular weight is 334 g/mol. The fourth-order valence-corrected chi connectivity index (χ4v) is 4.38. The van der Waals surface area contributed by atoms with Crippen LogP contribution >= 0.6 is 11.6 Å². The van der Waals surface area contributed by atoms with E-state index in [0.29, 0.717) is 6.42 Å². The van der Waals surface area contributed by atoms with Crippen LogP contribution in [-0.2, 0) is 10.0 Å². The maximum absolute atomic E-state index is 12.4. The van der Waals surface area contributed by atoms with E-state index in [1.807, 2.05) is 0 Å². The van der Waals surface area contributed by atoms with E-state index in [2.05, 4.69) is 4.72 Å². The van der Waals surface area contributed by atoms with Crippen molar-refractivity contribution < 1.29 is 23.4 Å². The minimum absolute atomic E-state index is 0.0361. The zero-order valence-corrected chi connectivity index (χ0v) is 12.7. The Balaban J connectivity index is 2.31. The van der Waals surface area contributed by atoms with Gasteiger partial charge in [0.15, 0.2) is 0 Å². The van der Waals surface area contributed by atoms with Crippen LogP contribution < -0.4 is 4.72 Å². The molecule has 21 heavy (non-hydrogen) atoms. The van der Waals surface area contributed by atoms with Crippen LogP contribution in [0.15, 0.2) is 23.1 Å². The third kappa shape index (κ3) is 3.55. The highest BCUT2D eigenvalue weighted by molar-refractivity contribution is 7.89. The van der Waals surface area contributed by atoms with Crippen molar-refractivity contribution in [2.45, 2.75) is 30.2 Å². The molecule has 0 aromatic heterocycles. The number of carbonyl (C=O) groups is 1. The maximum atomic E-state index is 12.4. The summed E-state index contributed by atoms with van der Waals surface area (Å²) in [5.41, 5.74) is -0.148. The molecule has 0 bridgehead atoms. The summed E-state index contributed by atoms with van der Waals surface area (Å²) in [5.74, 6) is -1.35. The topological polar surface area (TPSA) is 104 Å². The van der Waals surface area contributed by atoms with Gasteiger partial charge in [-0.05, 0) is 37.0 Å². The highest BCUT2D eigenvalue weighted by Crippen LogP contribution is 2.28.